The van der Waals surface area contributed by atoms with E-state index in [1.54, 1.807) is 52.7 Å². The van der Waals surface area contributed by atoms with Crippen molar-refractivity contribution in [2.24, 2.45) is 5.92 Å². The zero-order valence-electron chi connectivity index (χ0n) is 24.1. The van der Waals surface area contributed by atoms with E-state index in [4.69, 9.17) is 0 Å². The Hall–Kier alpha value is -4.62. The van der Waals surface area contributed by atoms with Gasteiger partial charge in [-0.3, -0.25) is 14.0 Å². The fraction of sp³-hybridized carbons (Fsp3) is 0.355. The minimum Gasteiger partial charge on any atom is -0.435 e. The summed E-state index contributed by atoms with van der Waals surface area (Å²) in [6.45, 7) is 2.21. The van der Waals surface area contributed by atoms with E-state index in [9.17, 15) is 23.5 Å². The van der Waals surface area contributed by atoms with Crippen LogP contribution in [0.4, 0.5) is 20.3 Å². The summed E-state index contributed by atoms with van der Waals surface area (Å²) in [5, 5.41) is 17.3. The molecule has 0 aliphatic carbocycles. The monoisotopic (exact) mass is 605 g/mol. The van der Waals surface area contributed by atoms with E-state index in [0.29, 0.717) is 48.8 Å². The lowest BCUT2D eigenvalue weighted by molar-refractivity contribution is -0.142. The third-order valence-corrected chi connectivity index (χ3v) is 8.14. The lowest BCUT2D eigenvalue weighted by Crippen LogP contribution is -2.55. The van der Waals surface area contributed by atoms with Crippen LogP contribution in [0.15, 0.2) is 61.1 Å². The number of nitrogens with zero attached hydrogens (tertiary/aromatic N) is 5. The van der Waals surface area contributed by atoms with Gasteiger partial charge in [0, 0.05) is 68.5 Å². The molecule has 4 heterocycles. The fourth-order valence-corrected chi connectivity index (χ4v) is 5.84. The number of hydrogen-bond donors (Lipinski definition) is 3. The van der Waals surface area contributed by atoms with Gasteiger partial charge >= 0.3 is 6.61 Å². The van der Waals surface area contributed by atoms with Crippen LogP contribution in [0, 0.1) is 12.8 Å². The van der Waals surface area contributed by atoms with Gasteiger partial charge in [-0.1, -0.05) is 0 Å². The number of carbonyl (C=O) groups is 2. The Morgan fingerprint density at radius 3 is 2.55 bits per heavy atom. The Morgan fingerprint density at radius 2 is 1.84 bits per heavy atom. The van der Waals surface area contributed by atoms with Crippen LogP contribution in [-0.2, 0) is 4.79 Å². The molecule has 0 saturated carbocycles. The fourth-order valence-electron chi connectivity index (χ4n) is 5.84. The molecule has 6 rings (SSSR count). The number of aryl methyl sites for hydroxylation is 1. The average Bonchev–Trinajstić information content (AvgIpc) is 3.46. The van der Waals surface area contributed by atoms with Crippen molar-refractivity contribution in [2.45, 2.75) is 26.1 Å². The number of β-amino-alcohol motifs (C(OH)–C–C–N with tert-alkyl or cyclic N) is 1. The van der Waals surface area contributed by atoms with E-state index in [1.807, 2.05) is 17.4 Å². The highest BCUT2D eigenvalue weighted by Gasteiger charge is 2.37. The highest BCUT2D eigenvalue weighted by molar-refractivity contribution is 5.96. The zero-order chi connectivity index (χ0) is 30.8. The molecule has 230 valence electrons. The maximum absolute atomic E-state index is 13.4. The first-order valence-corrected chi connectivity index (χ1v) is 14.5. The Morgan fingerprint density at radius 1 is 1.07 bits per heavy atom. The number of benzene rings is 2. The summed E-state index contributed by atoms with van der Waals surface area (Å²) in [6.07, 6.45) is 4.57. The van der Waals surface area contributed by atoms with Crippen LogP contribution >= 0.6 is 0 Å². The lowest BCUT2D eigenvalue weighted by atomic mass is 9.91. The van der Waals surface area contributed by atoms with Crippen molar-refractivity contribution in [1.29, 1.82) is 0 Å². The summed E-state index contributed by atoms with van der Waals surface area (Å²) < 4.78 is 31.3. The third kappa shape index (κ3) is 6.06. The number of alkyl halides is 2. The second-order valence-corrected chi connectivity index (χ2v) is 11.0. The van der Waals surface area contributed by atoms with Crippen LogP contribution in [0.3, 0.4) is 0 Å². The predicted octanol–water partition coefficient (Wildman–Crippen LogP) is 3.30. The molecule has 0 radical (unpaired) electrons. The van der Waals surface area contributed by atoms with Gasteiger partial charge in [-0.05, 0) is 61.4 Å². The molecular weight excluding hydrogens is 572 g/mol. The smallest absolute Gasteiger partial charge is 0.387 e. The number of aromatic nitrogens is 3. The van der Waals surface area contributed by atoms with Crippen LogP contribution in [0.25, 0.3) is 16.9 Å². The van der Waals surface area contributed by atoms with Crippen LogP contribution < -0.4 is 15.4 Å². The molecule has 0 unspecified atom stereocenters. The number of anilines is 2. The average molecular weight is 606 g/mol. The summed E-state index contributed by atoms with van der Waals surface area (Å²) in [6, 6.07) is 11.7. The molecule has 44 heavy (non-hydrogen) atoms. The largest absolute Gasteiger partial charge is 0.435 e. The SMILES string of the molecule is Cc1cc(Nc2nccn3c(-c4ccc(OC(F)F)cc4)cnc23)ccc1C(=O)N1CC[C@H](C(=O)N2CCNCC2)[C@@H](O)C1. The molecule has 2 aromatic heterocycles. The molecule has 4 aromatic rings. The number of amides is 2. The summed E-state index contributed by atoms with van der Waals surface area (Å²) in [5.74, 6) is -0.163. The first kappa shape index (κ1) is 29.5. The predicted molar refractivity (Wildman–Crippen MR) is 159 cm³/mol. The zero-order valence-corrected chi connectivity index (χ0v) is 24.1. The number of piperazine rings is 1. The molecule has 2 atom stereocenters. The number of halogens is 2. The van der Waals surface area contributed by atoms with Gasteiger partial charge in [-0.25, -0.2) is 9.97 Å². The highest BCUT2D eigenvalue weighted by Crippen LogP contribution is 2.29. The van der Waals surface area contributed by atoms with Crippen molar-refractivity contribution in [3.8, 4) is 17.0 Å². The van der Waals surface area contributed by atoms with E-state index in [1.165, 1.54) is 12.1 Å². The Balaban J connectivity index is 1.13. The van der Waals surface area contributed by atoms with Crippen molar-refractivity contribution in [3.05, 3.63) is 72.2 Å². The minimum absolute atomic E-state index is 0.0386. The quantitative estimate of drug-likeness (QED) is 0.293. The molecule has 2 saturated heterocycles. The van der Waals surface area contributed by atoms with E-state index >= 15 is 0 Å². The molecule has 0 bridgehead atoms. The molecule has 0 spiro atoms. The van der Waals surface area contributed by atoms with E-state index in [0.717, 1.165) is 29.9 Å². The second-order valence-electron chi connectivity index (χ2n) is 11.0. The molecule has 2 amide bonds. The number of ether oxygens (including phenoxy) is 1. The molecule has 13 heteroatoms. The van der Waals surface area contributed by atoms with Gasteiger partial charge in [0.1, 0.15) is 5.75 Å². The van der Waals surface area contributed by atoms with Crippen LogP contribution in [-0.4, -0.2) is 93.1 Å². The summed E-state index contributed by atoms with van der Waals surface area (Å²) >= 11 is 0. The number of likely N-dealkylation sites (tertiary alicyclic amines) is 1. The van der Waals surface area contributed by atoms with Crippen LogP contribution in [0.5, 0.6) is 5.75 Å². The number of rotatable bonds is 7. The van der Waals surface area contributed by atoms with Crippen molar-refractivity contribution >= 4 is 29.0 Å². The number of imidazole rings is 1. The van der Waals surface area contributed by atoms with Gasteiger partial charge in [0.25, 0.3) is 5.91 Å². The number of fused-ring (bicyclic) bond motifs is 1. The third-order valence-electron chi connectivity index (χ3n) is 8.14. The molecule has 2 aromatic carbocycles. The van der Waals surface area contributed by atoms with Gasteiger partial charge < -0.3 is 30.3 Å². The number of aliphatic hydroxyl groups is 1. The summed E-state index contributed by atoms with van der Waals surface area (Å²) in [5.41, 5.74) is 4.03. The molecule has 2 aliphatic heterocycles. The summed E-state index contributed by atoms with van der Waals surface area (Å²) in [7, 11) is 0. The number of aliphatic hydroxyl groups excluding tert-OH is 1. The number of carbonyl (C=O) groups excluding carboxylic acids is 2. The molecule has 11 nitrogen and oxygen atoms in total. The van der Waals surface area contributed by atoms with Crippen molar-refractivity contribution < 1.29 is 28.2 Å². The Bertz CT molecular complexity index is 1660. The summed E-state index contributed by atoms with van der Waals surface area (Å²) in [4.78, 5) is 38.7. The van der Waals surface area contributed by atoms with E-state index < -0.39 is 18.6 Å². The standard InChI is InChI=1S/C31H33F2N7O4/c1-19-16-21(4-7-23(19)29(42)39-12-8-24(26(41)18-39)30(43)38-13-9-34-10-14-38)37-27-28-36-17-25(40(28)15-11-35-27)20-2-5-22(6-3-20)44-31(32)33/h2-7,11,15-17,24,26,31,34,41H,8-10,12-14,18H2,1H3,(H,35,37)/t24-,26-/m0/s1. The number of piperidine rings is 1. The van der Waals surface area contributed by atoms with E-state index in [2.05, 4.69) is 25.3 Å². The normalized spacial score (nSPS) is 18.9. The minimum atomic E-state index is -2.89. The number of nitrogens with one attached hydrogen (secondary N) is 2. The molecule has 2 aliphatic rings. The molecule has 3 N–H and O–H groups in total. The maximum Gasteiger partial charge on any atom is 0.387 e. The number of hydrogen-bond acceptors (Lipinski definition) is 8. The lowest BCUT2D eigenvalue weighted by Gasteiger charge is -2.38. The topological polar surface area (TPSA) is 124 Å². The van der Waals surface area contributed by atoms with Crippen molar-refractivity contribution in [1.82, 2.24) is 29.5 Å². The molecular formula is C31H33F2N7O4. The van der Waals surface area contributed by atoms with Gasteiger partial charge in [-0.2, -0.15) is 8.78 Å². The first-order valence-electron chi connectivity index (χ1n) is 14.5. The first-order chi connectivity index (χ1) is 21.3. The van der Waals surface area contributed by atoms with Gasteiger partial charge in [0.2, 0.25) is 5.91 Å². The van der Waals surface area contributed by atoms with Crippen LogP contribution in [0.1, 0.15) is 22.3 Å². The van der Waals surface area contributed by atoms with Gasteiger partial charge in [-0.15, -0.1) is 0 Å². The maximum atomic E-state index is 13.4. The molecule has 2 fully saturated rings. The Kier molecular flexibility index (Phi) is 8.40. The van der Waals surface area contributed by atoms with Gasteiger partial charge in [0.15, 0.2) is 11.5 Å². The highest BCUT2D eigenvalue weighted by atomic mass is 19.3. The van der Waals surface area contributed by atoms with Gasteiger partial charge in [0.05, 0.1) is 23.9 Å². The van der Waals surface area contributed by atoms with Crippen molar-refractivity contribution in [2.75, 3.05) is 44.6 Å². The Labute approximate surface area is 252 Å². The van der Waals surface area contributed by atoms with Crippen LogP contribution in [0.2, 0.25) is 0 Å². The second kappa shape index (κ2) is 12.5. The van der Waals surface area contributed by atoms with Crippen molar-refractivity contribution in [3.63, 3.8) is 0 Å². The van der Waals surface area contributed by atoms with E-state index in [-0.39, 0.29) is 24.1 Å².